The van der Waals surface area contributed by atoms with E-state index in [4.69, 9.17) is 14.2 Å². The quantitative estimate of drug-likeness (QED) is 0.370. The fourth-order valence-corrected chi connectivity index (χ4v) is 3.21. The summed E-state index contributed by atoms with van der Waals surface area (Å²) in [5.74, 6) is -0.934. The highest BCUT2D eigenvalue weighted by molar-refractivity contribution is 9.10. The van der Waals surface area contributed by atoms with Gasteiger partial charge in [-0.1, -0.05) is 22.0 Å². The Bertz CT molecular complexity index is 1170. The summed E-state index contributed by atoms with van der Waals surface area (Å²) >= 11 is 3.21. The number of rotatable bonds is 9. The van der Waals surface area contributed by atoms with E-state index < -0.39 is 11.6 Å². The number of benzene rings is 3. The molecule has 3 aromatic carbocycles. The number of carbonyl (C=O) groups excluding carboxylic acids is 1. The standard InChI is InChI=1S/C25H22BrFO6/c1-25(2,24(29)30)33-22-13-19(31-3)10-11-20(22)23(28)15-5-8-18(9-6-15)32-14-16-4-7-17(26)12-21(16)27/h4-13H,14H2,1-3H3,(H,29,30). The van der Waals surface area contributed by atoms with E-state index in [0.717, 1.165) is 0 Å². The van der Waals surface area contributed by atoms with Crippen LogP contribution >= 0.6 is 15.9 Å². The number of halogens is 2. The van der Waals surface area contributed by atoms with Gasteiger partial charge in [-0.2, -0.15) is 0 Å². The van der Waals surface area contributed by atoms with Crippen molar-refractivity contribution in [3.8, 4) is 17.2 Å². The zero-order valence-electron chi connectivity index (χ0n) is 18.2. The van der Waals surface area contributed by atoms with Crippen LogP contribution in [0.2, 0.25) is 0 Å². The molecule has 3 aromatic rings. The van der Waals surface area contributed by atoms with Crippen LogP contribution in [-0.2, 0) is 11.4 Å². The van der Waals surface area contributed by atoms with E-state index in [-0.39, 0.29) is 29.5 Å². The largest absolute Gasteiger partial charge is 0.497 e. The maximum atomic E-state index is 14.0. The van der Waals surface area contributed by atoms with Gasteiger partial charge in [0, 0.05) is 21.7 Å². The molecule has 0 aliphatic rings. The molecule has 6 nitrogen and oxygen atoms in total. The SMILES string of the molecule is COc1ccc(C(=O)c2ccc(OCc3ccc(Br)cc3F)cc2)c(OC(C)(C)C(=O)O)c1. The Morgan fingerprint density at radius 1 is 1.00 bits per heavy atom. The van der Waals surface area contributed by atoms with Gasteiger partial charge in [0.25, 0.3) is 0 Å². The second kappa shape index (κ2) is 10.0. The molecule has 0 aromatic heterocycles. The van der Waals surface area contributed by atoms with Crippen LogP contribution in [-0.4, -0.2) is 29.6 Å². The molecular weight excluding hydrogens is 495 g/mol. The van der Waals surface area contributed by atoms with Crippen molar-refractivity contribution in [2.75, 3.05) is 7.11 Å². The number of carboxylic acid groups (broad SMARTS) is 1. The molecule has 0 aliphatic carbocycles. The molecule has 3 rings (SSSR count). The van der Waals surface area contributed by atoms with Crippen LogP contribution < -0.4 is 14.2 Å². The van der Waals surface area contributed by atoms with Crippen LogP contribution in [0.25, 0.3) is 0 Å². The van der Waals surface area contributed by atoms with Crippen LogP contribution in [0.5, 0.6) is 17.2 Å². The lowest BCUT2D eigenvalue weighted by Crippen LogP contribution is -2.38. The predicted molar refractivity (Wildman–Crippen MR) is 124 cm³/mol. The molecule has 0 heterocycles. The summed E-state index contributed by atoms with van der Waals surface area (Å²) in [6.45, 7) is 2.82. The fourth-order valence-electron chi connectivity index (χ4n) is 2.88. The number of aliphatic carboxylic acids is 1. The summed E-state index contributed by atoms with van der Waals surface area (Å²) in [6.07, 6.45) is 0. The topological polar surface area (TPSA) is 82.1 Å². The summed E-state index contributed by atoms with van der Waals surface area (Å²) in [5, 5.41) is 9.39. The van der Waals surface area contributed by atoms with Crippen molar-refractivity contribution >= 4 is 27.7 Å². The smallest absolute Gasteiger partial charge is 0.347 e. The maximum Gasteiger partial charge on any atom is 0.347 e. The summed E-state index contributed by atoms with van der Waals surface area (Å²) in [6, 6.07) is 15.7. The number of carbonyl (C=O) groups is 2. The molecule has 0 saturated heterocycles. The van der Waals surface area contributed by atoms with E-state index in [9.17, 15) is 19.1 Å². The molecule has 172 valence electrons. The fraction of sp³-hybridized carbons (Fsp3) is 0.200. The van der Waals surface area contributed by atoms with Gasteiger partial charge >= 0.3 is 5.97 Å². The summed E-state index contributed by atoms with van der Waals surface area (Å²) in [7, 11) is 1.46. The van der Waals surface area contributed by atoms with Crippen LogP contribution in [0.1, 0.15) is 35.3 Å². The Hall–Kier alpha value is -3.39. The van der Waals surface area contributed by atoms with Crippen molar-refractivity contribution in [1.29, 1.82) is 0 Å². The molecule has 0 radical (unpaired) electrons. The lowest BCUT2D eigenvalue weighted by molar-refractivity contribution is -0.152. The molecule has 0 amide bonds. The molecule has 0 atom stereocenters. The minimum absolute atomic E-state index is 0.0349. The highest BCUT2D eigenvalue weighted by atomic mass is 79.9. The second-order valence-electron chi connectivity index (χ2n) is 7.66. The van der Waals surface area contributed by atoms with E-state index in [0.29, 0.717) is 27.1 Å². The Labute approximate surface area is 199 Å². The van der Waals surface area contributed by atoms with Gasteiger partial charge < -0.3 is 19.3 Å². The normalized spacial score (nSPS) is 11.1. The van der Waals surface area contributed by atoms with Gasteiger partial charge in [0.05, 0.1) is 12.7 Å². The highest BCUT2D eigenvalue weighted by Crippen LogP contribution is 2.30. The highest BCUT2D eigenvalue weighted by Gasteiger charge is 2.31. The third-order valence-corrected chi connectivity index (χ3v) is 5.33. The number of ether oxygens (including phenoxy) is 3. The van der Waals surface area contributed by atoms with Gasteiger partial charge in [-0.25, -0.2) is 9.18 Å². The zero-order chi connectivity index (χ0) is 24.2. The van der Waals surface area contributed by atoms with Crippen molar-refractivity contribution < 1.29 is 33.3 Å². The van der Waals surface area contributed by atoms with Crippen molar-refractivity contribution in [3.05, 3.63) is 87.6 Å². The van der Waals surface area contributed by atoms with Crippen molar-refractivity contribution in [2.45, 2.75) is 26.1 Å². The second-order valence-corrected chi connectivity index (χ2v) is 8.57. The van der Waals surface area contributed by atoms with E-state index >= 15 is 0 Å². The molecule has 0 aliphatic heterocycles. The van der Waals surface area contributed by atoms with E-state index in [2.05, 4.69) is 15.9 Å². The van der Waals surface area contributed by atoms with Crippen LogP contribution in [0.3, 0.4) is 0 Å². The summed E-state index contributed by atoms with van der Waals surface area (Å²) < 4.78 is 31.0. The summed E-state index contributed by atoms with van der Waals surface area (Å²) in [5.41, 5.74) is -0.614. The Kier molecular flexibility index (Phi) is 7.38. The molecular formula is C25H22BrFO6. The van der Waals surface area contributed by atoms with Gasteiger partial charge in [0.1, 0.15) is 29.7 Å². The van der Waals surface area contributed by atoms with Gasteiger partial charge in [-0.05, 0) is 62.4 Å². The number of hydrogen-bond donors (Lipinski definition) is 1. The van der Waals surface area contributed by atoms with E-state index in [1.54, 1.807) is 42.5 Å². The maximum absolute atomic E-state index is 14.0. The first-order valence-corrected chi connectivity index (χ1v) is 10.7. The number of methoxy groups -OCH3 is 1. The van der Waals surface area contributed by atoms with Gasteiger partial charge in [-0.3, -0.25) is 4.79 Å². The third kappa shape index (κ3) is 5.90. The monoisotopic (exact) mass is 516 g/mol. The Morgan fingerprint density at radius 2 is 1.67 bits per heavy atom. The first-order chi connectivity index (χ1) is 15.6. The van der Waals surface area contributed by atoms with Crippen LogP contribution in [0, 0.1) is 5.82 Å². The first kappa shape index (κ1) is 24.3. The van der Waals surface area contributed by atoms with Gasteiger partial charge in [0.2, 0.25) is 0 Å². The average Bonchev–Trinajstić information content (AvgIpc) is 2.78. The van der Waals surface area contributed by atoms with Crippen molar-refractivity contribution in [1.82, 2.24) is 0 Å². The van der Waals surface area contributed by atoms with E-state index in [1.807, 2.05) is 0 Å². The first-order valence-electron chi connectivity index (χ1n) is 9.92. The Morgan fingerprint density at radius 3 is 2.27 bits per heavy atom. The van der Waals surface area contributed by atoms with Crippen molar-refractivity contribution in [3.63, 3.8) is 0 Å². The zero-order valence-corrected chi connectivity index (χ0v) is 19.8. The number of carboxylic acids is 1. The third-order valence-electron chi connectivity index (χ3n) is 4.84. The van der Waals surface area contributed by atoms with Crippen LogP contribution in [0.4, 0.5) is 4.39 Å². The lowest BCUT2D eigenvalue weighted by Gasteiger charge is -2.23. The molecule has 0 fully saturated rings. The molecule has 8 heteroatoms. The summed E-state index contributed by atoms with van der Waals surface area (Å²) in [4.78, 5) is 24.6. The Balaban J connectivity index is 1.80. The van der Waals surface area contributed by atoms with E-state index in [1.165, 1.54) is 39.2 Å². The number of ketones is 1. The minimum atomic E-state index is -1.55. The molecule has 1 N–H and O–H groups in total. The number of hydrogen-bond acceptors (Lipinski definition) is 5. The molecule has 0 spiro atoms. The minimum Gasteiger partial charge on any atom is -0.497 e. The van der Waals surface area contributed by atoms with Crippen molar-refractivity contribution in [2.24, 2.45) is 0 Å². The van der Waals surface area contributed by atoms with Gasteiger partial charge in [-0.15, -0.1) is 0 Å². The molecule has 33 heavy (non-hydrogen) atoms. The molecule has 0 bridgehead atoms. The predicted octanol–water partition coefficient (Wildman–Crippen LogP) is 5.65. The van der Waals surface area contributed by atoms with Gasteiger partial charge in [0.15, 0.2) is 11.4 Å². The lowest BCUT2D eigenvalue weighted by atomic mass is 10.0. The van der Waals surface area contributed by atoms with Crippen LogP contribution in [0.15, 0.2) is 65.1 Å². The average molecular weight is 517 g/mol. The molecule has 0 saturated carbocycles. The molecule has 0 unspecified atom stereocenters.